The Bertz CT molecular complexity index is 1470. The average molecular weight is 596 g/mol. The van der Waals surface area contributed by atoms with Crippen LogP contribution in [0.5, 0.6) is 0 Å². The molecule has 0 aromatic heterocycles. The first-order valence-electron chi connectivity index (χ1n) is 14.1. The molecule has 0 bridgehead atoms. The molecule has 41 heavy (non-hydrogen) atoms. The van der Waals surface area contributed by atoms with Gasteiger partial charge in [0.2, 0.25) is 11.8 Å². The predicted octanol–water partition coefficient (Wildman–Crippen LogP) is 5.88. The van der Waals surface area contributed by atoms with Crippen molar-refractivity contribution in [2.24, 2.45) is 0 Å². The molecule has 1 atom stereocenters. The van der Waals surface area contributed by atoms with Crippen LogP contribution in [0.2, 0.25) is 5.02 Å². The smallest absolute Gasteiger partial charge is 0.264 e. The molecular weight excluding hydrogens is 558 g/mol. The molecule has 0 unspecified atom stereocenters. The van der Waals surface area contributed by atoms with Crippen molar-refractivity contribution < 1.29 is 18.0 Å². The Morgan fingerprint density at radius 1 is 1.00 bits per heavy atom. The summed E-state index contributed by atoms with van der Waals surface area (Å²) in [6.07, 6.45) is 4.53. The van der Waals surface area contributed by atoms with Crippen LogP contribution in [0.25, 0.3) is 0 Å². The zero-order chi connectivity index (χ0) is 29.6. The van der Waals surface area contributed by atoms with Crippen molar-refractivity contribution in [3.63, 3.8) is 0 Å². The van der Waals surface area contributed by atoms with Gasteiger partial charge in [-0.15, -0.1) is 0 Å². The molecule has 3 aromatic carbocycles. The molecule has 1 aliphatic carbocycles. The van der Waals surface area contributed by atoms with E-state index in [-0.39, 0.29) is 23.4 Å². The summed E-state index contributed by atoms with van der Waals surface area (Å²) in [4.78, 5) is 29.0. The molecule has 0 radical (unpaired) electrons. The van der Waals surface area contributed by atoms with E-state index in [1.54, 1.807) is 61.5 Å². The lowest BCUT2D eigenvalue weighted by molar-refractivity contribution is -0.139. The van der Waals surface area contributed by atoms with Crippen molar-refractivity contribution in [2.45, 2.75) is 76.4 Å². The fraction of sp³-hybridized carbons (Fsp3) is 0.375. The summed E-state index contributed by atoms with van der Waals surface area (Å²) in [5, 5.41) is 3.60. The third kappa shape index (κ3) is 7.49. The van der Waals surface area contributed by atoms with E-state index in [9.17, 15) is 18.0 Å². The molecule has 4 rings (SSSR count). The third-order valence-corrected chi connectivity index (χ3v) is 9.65. The van der Waals surface area contributed by atoms with Crippen LogP contribution in [0, 0.1) is 6.92 Å². The van der Waals surface area contributed by atoms with Gasteiger partial charge in [-0.25, -0.2) is 8.42 Å². The Labute approximate surface area is 248 Å². The quantitative estimate of drug-likeness (QED) is 0.300. The van der Waals surface area contributed by atoms with E-state index in [2.05, 4.69) is 5.32 Å². The van der Waals surface area contributed by atoms with Crippen molar-refractivity contribution in [2.75, 3.05) is 10.8 Å². The van der Waals surface area contributed by atoms with E-state index in [0.29, 0.717) is 17.1 Å². The van der Waals surface area contributed by atoms with Gasteiger partial charge < -0.3 is 10.2 Å². The summed E-state index contributed by atoms with van der Waals surface area (Å²) >= 11 is 6.23. The lowest BCUT2D eigenvalue weighted by Gasteiger charge is -2.33. The van der Waals surface area contributed by atoms with Crippen LogP contribution in [0.3, 0.4) is 0 Å². The van der Waals surface area contributed by atoms with Gasteiger partial charge in [0.15, 0.2) is 0 Å². The molecule has 0 saturated heterocycles. The molecule has 1 aliphatic rings. The first kappa shape index (κ1) is 30.6. The SMILES string of the molecule is CCc1ccccc1N(CC(=O)N(Cc1cccc(Cl)c1)[C@@H](C)C(=O)NC1CCCC1)S(=O)(=O)c1ccc(C)cc1. The van der Waals surface area contributed by atoms with E-state index < -0.39 is 28.5 Å². The average Bonchev–Trinajstić information content (AvgIpc) is 3.47. The van der Waals surface area contributed by atoms with Crippen molar-refractivity contribution in [1.82, 2.24) is 10.2 Å². The number of hydrogen-bond acceptors (Lipinski definition) is 4. The van der Waals surface area contributed by atoms with Gasteiger partial charge in [-0.3, -0.25) is 13.9 Å². The van der Waals surface area contributed by atoms with Crippen LogP contribution in [-0.4, -0.2) is 43.8 Å². The molecule has 0 spiro atoms. The Balaban J connectivity index is 1.71. The molecule has 3 aromatic rings. The Morgan fingerprint density at radius 2 is 1.68 bits per heavy atom. The van der Waals surface area contributed by atoms with Crippen LogP contribution in [0.4, 0.5) is 5.69 Å². The highest BCUT2D eigenvalue weighted by molar-refractivity contribution is 7.92. The van der Waals surface area contributed by atoms with E-state index in [1.165, 1.54) is 9.21 Å². The largest absolute Gasteiger partial charge is 0.352 e. The van der Waals surface area contributed by atoms with Crippen molar-refractivity contribution in [3.05, 3.63) is 94.5 Å². The fourth-order valence-corrected chi connectivity index (χ4v) is 6.88. The predicted molar refractivity (Wildman–Crippen MR) is 163 cm³/mol. The monoisotopic (exact) mass is 595 g/mol. The number of halogens is 1. The zero-order valence-electron chi connectivity index (χ0n) is 23.8. The highest BCUT2D eigenvalue weighted by Gasteiger charge is 2.34. The second kappa shape index (κ2) is 13.5. The number of para-hydroxylation sites is 1. The first-order valence-corrected chi connectivity index (χ1v) is 15.9. The van der Waals surface area contributed by atoms with Crippen molar-refractivity contribution in [1.29, 1.82) is 0 Å². The normalized spacial score (nSPS) is 14.4. The number of sulfonamides is 1. The van der Waals surface area contributed by atoms with Gasteiger partial charge in [-0.1, -0.05) is 79.4 Å². The number of nitrogens with one attached hydrogen (secondary N) is 1. The topological polar surface area (TPSA) is 86.8 Å². The minimum Gasteiger partial charge on any atom is -0.352 e. The van der Waals surface area contributed by atoms with Crippen LogP contribution < -0.4 is 9.62 Å². The molecule has 0 heterocycles. The highest BCUT2D eigenvalue weighted by atomic mass is 35.5. The molecule has 1 fully saturated rings. The molecule has 218 valence electrons. The number of carbonyl (C=O) groups excluding carboxylic acids is 2. The minimum atomic E-state index is -4.11. The summed E-state index contributed by atoms with van der Waals surface area (Å²) in [6.45, 7) is 5.15. The van der Waals surface area contributed by atoms with E-state index >= 15 is 0 Å². The first-order chi connectivity index (χ1) is 19.6. The summed E-state index contributed by atoms with van der Waals surface area (Å²) in [5.74, 6) is -0.741. The third-order valence-electron chi connectivity index (χ3n) is 7.64. The van der Waals surface area contributed by atoms with Crippen molar-refractivity contribution in [3.8, 4) is 0 Å². The number of hydrogen-bond donors (Lipinski definition) is 1. The number of anilines is 1. The minimum absolute atomic E-state index is 0.0860. The Morgan fingerprint density at radius 3 is 2.34 bits per heavy atom. The van der Waals surface area contributed by atoms with Gasteiger partial charge in [0.05, 0.1) is 10.6 Å². The molecular formula is C32H38ClN3O4S. The molecule has 9 heteroatoms. The number of amides is 2. The van der Waals surface area contributed by atoms with Gasteiger partial charge in [-0.2, -0.15) is 0 Å². The zero-order valence-corrected chi connectivity index (χ0v) is 25.4. The summed E-state index contributed by atoms with van der Waals surface area (Å²) in [7, 11) is -4.11. The molecule has 2 amide bonds. The Hall–Kier alpha value is -3.36. The van der Waals surface area contributed by atoms with Gasteiger partial charge >= 0.3 is 0 Å². The molecule has 1 saturated carbocycles. The summed E-state index contributed by atoms with van der Waals surface area (Å²) < 4.78 is 29.3. The maximum atomic E-state index is 14.1. The van der Waals surface area contributed by atoms with E-state index in [0.717, 1.165) is 42.4 Å². The lowest BCUT2D eigenvalue weighted by Crippen LogP contribution is -2.52. The van der Waals surface area contributed by atoms with Crippen LogP contribution in [-0.2, 0) is 32.6 Å². The van der Waals surface area contributed by atoms with Gasteiger partial charge in [0.25, 0.3) is 10.0 Å². The highest BCUT2D eigenvalue weighted by Crippen LogP contribution is 2.28. The number of benzene rings is 3. The Kier molecular flexibility index (Phi) is 10.1. The maximum Gasteiger partial charge on any atom is 0.264 e. The summed E-state index contributed by atoms with van der Waals surface area (Å²) in [6, 6.07) is 20.1. The number of carbonyl (C=O) groups is 2. The summed E-state index contributed by atoms with van der Waals surface area (Å²) in [5.41, 5.74) is 2.91. The maximum absolute atomic E-state index is 14.1. The van der Waals surface area contributed by atoms with Gasteiger partial charge in [-0.05, 0) is 74.6 Å². The number of nitrogens with zero attached hydrogens (tertiary/aromatic N) is 2. The standard InChI is InChI=1S/C32H38ClN3O4S/c1-4-26-11-5-8-15-30(26)36(41(39,40)29-18-16-23(2)17-19-29)22-31(37)35(21-25-10-9-12-27(33)20-25)24(3)32(38)34-28-13-6-7-14-28/h5,8-12,15-20,24,28H,4,6-7,13-14,21-22H2,1-3H3,(H,34,38)/t24-/m0/s1. The van der Waals surface area contributed by atoms with E-state index in [1.807, 2.05) is 32.0 Å². The lowest BCUT2D eigenvalue weighted by atomic mass is 10.1. The number of rotatable bonds is 11. The van der Waals surface area contributed by atoms with Crippen molar-refractivity contribution >= 4 is 39.1 Å². The van der Waals surface area contributed by atoms with Crippen LogP contribution in [0.1, 0.15) is 56.2 Å². The molecule has 7 nitrogen and oxygen atoms in total. The molecule has 0 aliphatic heterocycles. The number of aryl methyl sites for hydroxylation is 2. The van der Waals surface area contributed by atoms with Crippen LogP contribution in [0.15, 0.2) is 77.7 Å². The van der Waals surface area contributed by atoms with Gasteiger partial charge in [0.1, 0.15) is 12.6 Å². The van der Waals surface area contributed by atoms with E-state index in [4.69, 9.17) is 11.6 Å². The second-order valence-electron chi connectivity index (χ2n) is 10.6. The second-order valence-corrected chi connectivity index (χ2v) is 12.9. The molecule has 1 N–H and O–H groups in total. The van der Waals surface area contributed by atoms with Gasteiger partial charge in [0, 0.05) is 17.6 Å². The fourth-order valence-electron chi connectivity index (χ4n) is 5.21. The van der Waals surface area contributed by atoms with Crippen LogP contribution >= 0.6 is 11.6 Å².